The smallest absolute Gasteiger partial charge is 0.173 e. The van der Waals surface area contributed by atoms with Crippen LogP contribution in [0, 0.1) is 5.92 Å². The van der Waals surface area contributed by atoms with E-state index in [9.17, 15) is 9.90 Å². The van der Waals surface area contributed by atoms with E-state index >= 15 is 0 Å². The molecule has 5 heteroatoms. The highest BCUT2D eigenvalue weighted by Crippen LogP contribution is 2.40. The number of hydrogen-bond donors (Lipinski definition) is 1. The molecular formula is C23H27NO4. The van der Waals surface area contributed by atoms with Gasteiger partial charge in [-0.1, -0.05) is 25.5 Å². The van der Waals surface area contributed by atoms with Crippen molar-refractivity contribution in [1.29, 1.82) is 0 Å². The molecule has 5 nitrogen and oxygen atoms in total. The van der Waals surface area contributed by atoms with Crippen molar-refractivity contribution in [1.82, 2.24) is 4.90 Å². The molecule has 4 rings (SSSR count). The number of Topliss-reactive ketones (excluding diaryl/α,β-unsaturated/α-hetero) is 1. The van der Waals surface area contributed by atoms with Crippen LogP contribution < -0.4 is 9.47 Å². The molecule has 0 aromatic heterocycles. The highest BCUT2D eigenvalue weighted by Gasteiger charge is 2.35. The molecule has 28 heavy (non-hydrogen) atoms. The summed E-state index contributed by atoms with van der Waals surface area (Å²) in [6.07, 6.45) is 3.54. The number of carbonyl (C=O) groups is 1. The Kier molecular flexibility index (Phi) is 5.53. The first-order chi connectivity index (χ1) is 13.6. The van der Waals surface area contributed by atoms with E-state index in [1.807, 2.05) is 31.2 Å². The molecule has 0 bridgehead atoms. The van der Waals surface area contributed by atoms with Gasteiger partial charge in [-0.15, -0.1) is 0 Å². The largest absolute Gasteiger partial charge is 0.508 e. The topological polar surface area (TPSA) is 59.0 Å². The normalized spacial score (nSPS) is 22.4. The van der Waals surface area contributed by atoms with E-state index in [1.165, 1.54) is 44.5 Å². The minimum Gasteiger partial charge on any atom is -0.508 e. The molecule has 2 aromatic carbocycles. The molecule has 1 fully saturated rings. The van der Waals surface area contributed by atoms with Gasteiger partial charge in [-0.05, 0) is 55.8 Å². The molecule has 2 heterocycles. The van der Waals surface area contributed by atoms with Crippen LogP contribution in [-0.2, 0) is 0 Å². The second-order valence-electron chi connectivity index (χ2n) is 7.69. The molecule has 0 aliphatic carbocycles. The number of ketones is 1. The van der Waals surface area contributed by atoms with Gasteiger partial charge >= 0.3 is 0 Å². The van der Waals surface area contributed by atoms with E-state index in [-0.39, 0.29) is 23.6 Å². The van der Waals surface area contributed by atoms with Gasteiger partial charge in [0.15, 0.2) is 5.78 Å². The molecule has 0 spiro atoms. The number of benzene rings is 2. The average molecular weight is 381 g/mol. The first-order valence-electron chi connectivity index (χ1n) is 10.1. The number of phenolic OH excluding ortho intramolecular Hbond substituents is 1. The zero-order chi connectivity index (χ0) is 19.5. The van der Waals surface area contributed by atoms with Gasteiger partial charge in [0.2, 0.25) is 0 Å². The molecule has 2 aliphatic heterocycles. The number of piperidine rings is 1. The number of fused-ring (bicyclic) bond motifs is 1. The quantitative estimate of drug-likeness (QED) is 0.841. The van der Waals surface area contributed by atoms with Crippen molar-refractivity contribution in [3.63, 3.8) is 0 Å². The first-order valence-corrected chi connectivity index (χ1v) is 10.1. The monoisotopic (exact) mass is 381 g/mol. The maximum absolute atomic E-state index is 12.7. The number of phenols is 1. The minimum atomic E-state index is -0.371. The number of rotatable bonds is 5. The highest BCUT2D eigenvalue weighted by molar-refractivity contribution is 6.01. The van der Waals surface area contributed by atoms with Gasteiger partial charge in [-0.2, -0.15) is 0 Å². The lowest BCUT2D eigenvalue weighted by atomic mass is 9.87. The zero-order valence-electron chi connectivity index (χ0n) is 16.3. The van der Waals surface area contributed by atoms with Crippen molar-refractivity contribution in [3.05, 3.63) is 53.6 Å². The summed E-state index contributed by atoms with van der Waals surface area (Å²) >= 11 is 0. The summed E-state index contributed by atoms with van der Waals surface area (Å²) in [5.41, 5.74) is 1.46. The molecule has 2 aromatic rings. The van der Waals surface area contributed by atoms with Gasteiger partial charge in [0.25, 0.3) is 0 Å². The standard InChI is InChI=1S/C23H27NO4/c1-16-22(26)20-10-7-18(25)15-21(20)28-23(16)17-5-8-19(9-6-17)27-14-13-24-11-3-2-4-12-24/h5-10,15-16,23,25H,2-4,11-14H2,1H3/t16-,23+/m1/s1. The van der Waals surface area contributed by atoms with E-state index < -0.39 is 0 Å². The van der Waals surface area contributed by atoms with Crippen molar-refractivity contribution >= 4 is 5.78 Å². The van der Waals surface area contributed by atoms with Crippen molar-refractivity contribution in [2.24, 2.45) is 5.92 Å². The van der Waals surface area contributed by atoms with E-state index in [4.69, 9.17) is 9.47 Å². The Morgan fingerprint density at radius 3 is 2.61 bits per heavy atom. The predicted octanol–water partition coefficient (Wildman–Crippen LogP) is 4.21. The Labute approximate surface area is 165 Å². The fourth-order valence-corrected chi connectivity index (χ4v) is 4.02. The molecule has 0 saturated carbocycles. The minimum absolute atomic E-state index is 0.0353. The second kappa shape index (κ2) is 8.23. The Bertz CT molecular complexity index is 827. The summed E-state index contributed by atoms with van der Waals surface area (Å²) in [5.74, 6) is 1.11. The number of nitrogens with zero attached hydrogens (tertiary/aromatic N) is 1. The van der Waals surface area contributed by atoms with Crippen LogP contribution in [0.1, 0.15) is 48.2 Å². The third kappa shape index (κ3) is 3.99. The van der Waals surface area contributed by atoms with Crippen LogP contribution in [0.25, 0.3) is 0 Å². The molecular weight excluding hydrogens is 354 g/mol. The Morgan fingerprint density at radius 1 is 1.11 bits per heavy atom. The van der Waals surface area contributed by atoms with Crippen LogP contribution >= 0.6 is 0 Å². The Balaban J connectivity index is 1.40. The molecule has 148 valence electrons. The van der Waals surface area contributed by atoms with Crippen molar-refractivity contribution in [2.45, 2.75) is 32.3 Å². The van der Waals surface area contributed by atoms with Gasteiger partial charge in [0, 0.05) is 12.6 Å². The van der Waals surface area contributed by atoms with E-state index in [1.54, 1.807) is 6.07 Å². The molecule has 0 radical (unpaired) electrons. The first kappa shape index (κ1) is 18.8. The number of hydrogen-bond acceptors (Lipinski definition) is 5. The maximum Gasteiger partial charge on any atom is 0.173 e. The molecule has 1 saturated heterocycles. The van der Waals surface area contributed by atoms with Crippen molar-refractivity contribution < 1.29 is 19.4 Å². The lowest BCUT2D eigenvalue weighted by molar-refractivity contribution is 0.0690. The Morgan fingerprint density at radius 2 is 1.86 bits per heavy atom. The highest BCUT2D eigenvalue weighted by atomic mass is 16.5. The van der Waals surface area contributed by atoms with E-state index in [0.29, 0.717) is 17.9 Å². The third-order valence-electron chi connectivity index (χ3n) is 5.69. The van der Waals surface area contributed by atoms with E-state index in [0.717, 1.165) is 17.9 Å². The summed E-state index contributed by atoms with van der Waals surface area (Å²) in [5, 5.41) is 9.70. The van der Waals surface area contributed by atoms with Gasteiger partial charge in [0.1, 0.15) is 30.0 Å². The van der Waals surface area contributed by atoms with Gasteiger partial charge in [-0.3, -0.25) is 9.69 Å². The lowest BCUT2D eigenvalue weighted by Gasteiger charge is -2.31. The lowest BCUT2D eigenvalue weighted by Crippen LogP contribution is -2.33. The van der Waals surface area contributed by atoms with Crippen LogP contribution in [0.2, 0.25) is 0 Å². The zero-order valence-corrected chi connectivity index (χ0v) is 16.3. The van der Waals surface area contributed by atoms with Crippen LogP contribution in [0.3, 0.4) is 0 Å². The van der Waals surface area contributed by atoms with Crippen molar-refractivity contribution in [2.75, 3.05) is 26.2 Å². The van der Waals surface area contributed by atoms with E-state index in [2.05, 4.69) is 4.90 Å². The average Bonchev–Trinajstić information content (AvgIpc) is 2.72. The molecule has 0 unspecified atom stereocenters. The number of carbonyl (C=O) groups excluding carboxylic acids is 1. The number of ether oxygens (including phenoxy) is 2. The van der Waals surface area contributed by atoms with Crippen molar-refractivity contribution in [3.8, 4) is 17.2 Å². The van der Waals surface area contributed by atoms with Gasteiger partial charge in [0.05, 0.1) is 11.5 Å². The summed E-state index contributed by atoms with van der Waals surface area (Å²) in [6, 6.07) is 12.4. The molecule has 2 atom stereocenters. The number of aromatic hydroxyl groups is 1. The molecule has 2 aliphatic rings. The van der Waals surface area contributed by atoms with Gasteiger partial charge in [-0.25, -0.2) is 0 Å². The van der Waals surface area contributed by atoms with Crippen LogP contribution in [0.5, 0.6) is 17.2 Å². The molecule has 0 amide bonds. The summed E-state index contributed by atoms with van der Waals surface area (Å²) < 4.78 is 11.9. The molecule has 1 N–H and O–H groups in total. The van der Waals surface area contributed by atoms with Crippen LogP contribution in [0.4, 0.5) is 0 Å². The Hall–Kier alpha value is -2.53. The second-order valence-corrected chi connectivity index (χ2v) is 7.69. The fourth-order valence-electron chi connectivity index (χ4n) is 4.02. The fraction of sp³-hybridized carbons (Fsp3) is 0.435. The number of likely N-dealkylation sites (tertiary alicyclic amines) is 1. The predicted molar refractivity (Wildman–Crippen MR) is 107 cm³/mol. The summed E-state index contributed by atoms with van der Waals surface area (Å²) in [7, 11) is 0. The SMILES string of the molecule is C[C@@H]1C(=O)c2ccc(O)cc2O[C@@H]1c1ccc(OCCN2CCCCC2)cc1. The third-order valence-corrected chi connectivity index (χ3v) is 5.69. The van der Waals surface area contributed by atoms with Crippen LogP contribution in [-0.4, -0.2) is 42.0 Å². The summed E-state index contributed by atoms with van der Waals surface area (Å²) in [6.45, 7) is 5.86. The maximum atomic E-state index is 12.7. The van der Waals surface area contributed by atoms with Gasteiger partial charge < -0.3 is 14.6 Å². The summed E-state index contributed by atoms with van der Waals surface area (Å²) in [4.78, 5) is 15.1. The van der Waals surface area contributed by atoms with Crippen LogP contribution in [0.15, 0.2) is 42.5 Å².